The Morgan fingerprint density at radius 3 is 2.27 bits per heavy atom. The summed E-state index contributed by atoms with van der Waals surface area (Å²) in [7, 11) is 0. The van der Waals surface area contributed by atoms with E-state index in [0.717, 1.165) is 19.3 Å². The molecule has 0 saturated carbocycles. The molecule has 15 heavy (non-hydrogen) atoms. The van der Waals surface area contributed by atoms with E-state index in [4.69, 9.17) is 0 Å². The lowest BCUT2D eigenvalue weighted by Crippen LogP contribution is -2.32. The van der Waals surface area contributed by atoms with Crippen molar-refractivity contribution in [3.05, 3.63) is 0 Å². The van der Waals surface area contributed by atoms with Crippen molar-refractivity contribution in [2.75, 3.05) is 0 Å². The maximum Gasteiger partial charge on any atom is 0.222 e. The average Bonchev–Trinajstić information content (AvgIpc) is 2.00. The number of rotatable bonds is 7. The largest absolute Gasteiger partial charge is 0.393 e. The highest BCUT2D eigenvalue weighted by molar-refractivity contribution is 5.76. The number of nitrogens with one attached hydrogen (secondary N) is 1. The first kappa shape index (κ1) is 14.4. The first-order chi connectivity index (χ1) is 6.91. The van der Waals surface area contributed by atoms with E-state index in [1.165, 1.54) is 0 Å². The van der Waals surface area contributed by atoms with Gasteiger partial charge in [0.15, 0.2) is 0 Å². The van der Waals surface area contributed by atoms with E-state index in [-0.39, 0.29) is 18.4 Å². The van der Waals surface area contributed by atoms with Crippen molar-refractivity contribution in [3.63, 3.8) is 0 Å². The van der Waals surface area contributed by atoms with Gasteiger partial charge in [-0.05, 0) is 26.2 Å². The zero-order valence-corrected chi connectivity index (χ0v) is 10.4. The van der Waals surface area contributed by atoms with Gasteiger partial charge in [0.1, 0.15) is 0 Å². The Morgan fingerprint density at radius 2 is 1.80 bits per heavy atom. The fourth-order valence-electron chi connectivity index (χ4n) is 1.46. The van der Waals surface area contributed by atoms with Crippen molar-refractivity contribution in [1.29, 1.82) is 0 Å². The minimum Gasteiger partial charge on any atom is -0.393 e. The van der Waals surface area contributed by atoms with Gasteiger partial charge in [0, 0.05) is 6.04 Å². The molecule has 0 aromatic rings. The van der Waals surface area contributed by atoms with Crippen LogP contribution in [0.15, 0.2) is 0 Å². The first-order valence-corrected chi connectivity index (χ1v) is 5.89. The molecule has 1 unspecified atom stereocenters. The SMILES string of the molecule is CC(C)CCCC(O)CC(=O)NC(C)C. The van der Waals surface area contributed by atoms with Crippen molar-refractivity contribution in [3.8, 4) is 0 Å². The van der Waals surface area contributed by atoms with Gasteiger partial charge in [-0.3, -0.25) is 4.79 Å². The second-order valence-electron chi connectivity index (χ2n) is 4.90. The highest BCUT2D eigenvalue weighted by Crippen LogP contribution is 2.10. The monoisotopic (exact) mass is 215 g/mol. The van der Waals surface area contributed by atoms with E-state index in [1.807, 2.05) is 13.8 Å². The van der Waals surface area contributed by atoms with Gasteiger partial charge in [0.2, 0.25) is 5.91 Å². The molecule has 0 bridgehead atoms. The molecule has 0 saturated heterocycles. The Hall–Kier alpha value is -0.570. The fraction of sp³-hybridized carbons (Fsp3) is 0.917. The third-order valence-corrected chi connectivity index (χ3v) is 2.19. The Balaban J connectivity index is 3.55. The molecule has 0 fully saturated rings. The average molecular weight is 215 g/mol. The van der Waals surface area contributed by atoms with Gasteiger partial charge in [-0.25, -0.2) is 0 Å². The summed E-state index contributed by atoms with van der Waals surface area (Å²) >= 11 is 0. The van der Waals surface area contributed by atoms with Gasteiger partial charge >= 0.3 is 0 Å². The smallest absolute Gasteiger partial charge is 0.222 e. The topological polar surface area (TPSA) is 49.3 Å². The molecule has 0 radical (unpaired) electrons. The molecular weight excluding hydrogens is 190 g/mol. The second kappa shape index (κ2) is 7.69. The predicted molar refractivity (Wildman–Crippen MR) is 62.6 cm³/mol. The summed E-state index contributed by atoms with van der Waals surface area (Å²) in [6, 6.07) is 0.153. The zero-order chi connectivity index (χ0) is 11.8. The summed E-state index contributed by atoms with van der Waals surface area (Å²) in [4.78, 5) is 11.3. The molecule has 0 heterocycles. The number of carbonyl (C=O) groups excluding carboxylic acids is 1. The van der Waals surface area contributed by atoms with Gasteiger partial charge < -0.3 is 10.4 Å². The molecule has 0 spiro atoms. The Kier molecular flexibility index (Phi) is 7.39. The van der Waals surface area contributed by atoms with Crippen LogP contribution < -0.4 is 5.32 Å². The summed E-state index contributed by atoms with van der Waals surface area (Å²) in [6.45, 7) is 8.17. The fourth-order valence-corrected chi connectivity index (χ4v) is 1.46. The third kappa shape index (κ3) is 9.73. The molecule has 0 aliphatic carbocycles. The number of hydrogen-bond donors (Lipinski definition) is 2. The van der Waals surface area contributed by atoms with Crippen molar-refractivity contribution < 1.29 is 9.90 Å². The highest BCUT2D eigenvalue weighted by atomic mass is 16.3. The lowest BCUT2D eigenvalue weighted by molar-refractivity contribution is -0.123. The summed E-state index contributed by atoms with van der Waals surface area (Å²) in [5, 5.41) is 12.4. The van der Waals surface area contributed by atoms with E-state index >= 15 is 0 Å². The zero-order valence-electron chi connectivity index (χ0n) is 10.4. The standard InChI is InChI=1S/C12H25NO2/c1-9(2)6-5-7-11(14)8-12(15)13-10(3)4/h9-11,14H,5-8H2,1-4H3,(H,13,15). The van der Waals surface area contributed by atoms with E-state index < -0.39 is 6.10 Å². The van der Waals surface area contributed by atoms with Gasteiger partial charge in [0.25, 0.3) is 0 Å². The van der Waals surface area contributed by atoms with Crippen LogP contribution in [0.1, 0.15) is 53.4 Å². The van der Waals surface area contributed by atoms with E-state index in [1.54, 1.807) is 0 Å². The molecule has 0 aliphatic rings. The molecule has 1 atom stereocenters. The summed E-state index contributed by atoms with van der Waals surface area (Å²) in [5.41, 5.74) is 0. The van der Waals surface area contributed by atoms with E-state index in [9.17, 15) is 9.90 Å². The van der Waals surface area contributed by atoms with Crippen molar-refractivity contribution >= 4 is 5.91 Å². The van der Waals surface area contributed by atoms with Gasteiger partial charge in [-0.2, -0.15) is 0 Å². The highest BCUT2D eigenvalue weighted by Gasteiger charge is 2.11. The van der Waals surface area contributed by atoms with Crippen LogP contribution in [-0.4, -0.2) is 23.2 Å². The van der Waals surface area contributed by atoms with Crippen molar-refractivity contribution in [2.45, 2.75) is 65.5 Å². The van der Waals surface area contributed by atoms with Gasteiger partial charge in [0.05, 0.1) is 12.5 Å². The number of carbonyl (C=O) groups is 1. The molecule has 3 heteroatoms. The minimum atomic E-state index is -0.484. The Labute approximate surface area is 93.3 Å². The molecule has 2 N–H and O–H groups in total. The normalized spacial score (nSPS) is 13.3. The van der Waals surface area contributed by atoms with E-state index in [0.29, 0.717) is 5.92 Å². The Bertz CT molecular complexity index is 178. The number of hydrogen-bond acceptors (Lipinski definition) is 2. The van der Waals surface area contributed by atoms with Crippen LogP contribution >= 0.6 is 0 Å². The predicted octanol–water partition coefficient (Wildman–Crippen LogP) is 2.09. The minimum absolute atomic E-state index is 0.0537. The van der Waals surface area contributed by atoms with Crippen LogP contribution in [0.2, 0.25) is 0 Å². The van der Waals surface area contributed by atoms with Crippen LogP contribution in [0.4, 0.5) is 0 Å². The third-order valence-electron chi connectivity index (χ3n) is 2.19. The quantitative estimate of drug-likeness (QED) is 0.683. The first-order valence-electron chi connectivity index (χ1n) is 5.89. The number of amides is 1. The molecular formula is C12H25NO2. The lowest BCUT2D eigenvalue weighted by Gasteiger charge is -2.13. The maximum atomic E-state index is 11.3. The van der Waals surface area contributed by atoms with Crippen LogP contribution in [0.5, 0.6) is 0 Å². The molecule has 3 nitrogen and oxygen atoms in total. The Morgan fingerprint density at radius 1 is 1.20 bits per heavy atom. The molecule has 0 aromatic heterocycles. The summed E-state index contributed by atoms with van der Waals surface area (Å²) < 4.78 is 0. The molecule has 0 rings (SSSR count). The van der Waals surface area contributed by atoms with Gasteiger partial charge in [-0.15, -0.1) is 0 Å². The van der Waals surface area contributed by atoms with Crippen molar-refractivity contribution in [1.82, 2.24) is 5.32 Å². The van der Waals surface area contributed by atoms with Crippen LogP contribution in [0.3, 0.4) is 0 Å². The number of aliphatic hydroxyl groups excluding tert-OH is 1. The molecule has 1 amide bonds. The van der Waals surface area contributed by atoms with Crippen LogP contribution in [0.25, 0.3) is 0 Å². The van der Waals surface area contributed by atoms with Gasteiger partial charge in [-0.1, -0.05) is 26.7 Å². The summed E-state index contributed by atoms with van der Waals surface area (Å²) in [6.07, 6.45) is 2.58. The lowest BCUT2D eigenvalue weighted by atomic mass is 10.0. The van der Waals surface area contributed by atoms with Crippen molar-refractivity contribution in [2.24, 2.45) is 5.92 Å². The van der Waals surface area contributed by atoms with Crippen LogP contribution in [-0.2, 0) is 4.79 Å². The molecule has 0 aliphatic heterocycles. The molecule has 90 valence electrons. The number of aliphatic hydroxyl groups is 1. The van der Waals surface area contributed by atoms with E-state index in [2.05, 4.69) is 19.2 Å². The molecule has 0 aromatic carbocycles. The second-order valence-corrected chi connectivity index (χ2v) is 4.90. The van der Waals surface area contributed by atoms with Crippen LogP contribution in [0, 0.1) is 5.92 Å². The summed E-state index contributed by atoms with van der Waals surface area (Å²) in [5.74, 6) is 0.615. The maximum absolute atomic E-state index is 11.3.